The summed E-state index contributed by atoms with van der Waals surface area (Å²) in [6.45, 7) is 9.53. The molecule has 1 amide bonds. The van der Waals surface area contributed by atoms with Crippen LogP contribution >= 0.6 is 11.6 Å². The van der Waals surface area contributed by atoms with Gasteiger partial charge in [-0.15, -0.1) is 0 Å². The average molecular weight is 450 g/mol. The Morgan fingerprint density at radius 1 is 1.13 bits per heavy atom. The minimum absolute atomic E-state index is 0.0625. The molecular weight excluding hydrogens is 422 g/mol. The third-order valence-corrected chi connectivity index (χ3v) is 7.08. The molecule has 0 bridgehead atoms. The molecule has 1 aliphatic heterocycles. The molecule has 1 aliphatic rings. The zero-order valence-corrected chi connectivity index (χ0v) is 19.3. The molecule has 1 saturated heterocycles. The Morgan fingerprint density at radius 3 is 2.37 bits per heavy atom. The van der Waals surface area contributed by atoms with E-state index < -0.39 is 21.5 Å². The van der Waals surface area contributed by atoms with Gasteiger partial charge in [0.1, 0.15) is 4.90 Å². The number of benzene rings is 2. The highest BCUT2D eigenvalue weighted by molar-refractivity contribution is 7.89. The fraction of sp³-hybridized carbons (Fsp3) is 0.409. The van der Waals surface area contributed by atoms with Crippen LogP contribution < -0.4 is 14.9 Å². The Balaban J connectivity index is 1.76. The first kappa shape index (κ1) is 22.6. The third-order valence-electron chi connectivity index (χ3n) is 4.84. The maximum atomic E-state index is 12.7. The zero-order valence-electron chi connectivity index (χ0n) is 17.7. The fourth-order valence-corrected chi connectivity index (χ4v) is 5.38. The quantitative estimate of drug-likeness (QED) is 0.703. The largest absolute Gasteiger partial charge is 0.371 e. The lowest BCUT2D eigenvalue weighted by Gasteiger charge is -2.21. The van der Waals surface area contributed by atoms with Gasteiger partial charge < -0.3 is 10.2 Å². The van der Waals surface area contributed by atoms with E-state index in [9.17, 15) is 13.2 Å². The maximum Gasteiger partial charge on any atom is 0.255 e. The first-order valence-electron chi connectivity index (χ1n) is 9.94. The fourth-order valence-electron chi connectivity index (χ4n) is 3.44. The highest BCUT2D eigenvalue weighted by atomic mass is 35.5. The predicted octanol–water partition coefficient (Wildman–Crippen LogP) is 4.52. The Labute approximate surface area is 183 Å². The normalized spacial score (nSPS) is 17.2. The van der Waals surface area contributed by atoms with Gasteiger partial charge in [-0.05, 0) is 75.6 Å². The number of amides is 1. The van der Waals surface area contributed by atoms with E-state index in [1.807, 2.05) is 24.3 Å². The van der Waals surface area contributed by atoms with Crippen LogP contribution in [0.15, 0.2) is 47.4 Å². The lowest BCUT2D eigenvalue weighted by atomic mass is 10.1. The van der Waals surface area contributed by atoms with Crippen molar-refractivity contribution in [3.05, 3.63) is 53.1 Å². The van der Waals surface area contributed by atoms with E-state index in [-0.39, 0.29) is 15.5 Å². The monoisotopic (exact) mass is 449 g/mol. The molecule has 0 spiro atoms. The molecule has 6 nitrogen and oxygen atoms in total. The van der Waals surface area contributed by atoms with Crippen LogP contribution in [0.3, 0.4) is 0 Å². The molecule has 30 heavy (non-hydrogen) atoms. The average Bonchev–Trinajstić information content (AvgIpc) is 3.07. The summed E-state index contributed by atoms with van der Waals surface area (Å²) in [4.78, 5) is 14.9. The van der Waals surface area contributed by atoms with E-state index in [0.29, 0.717) is 11.6 Å². The van der Waals surface area contributed by atoms with Crippen molar-refractivity contribution in [3.8, 4) is 0 Å². The van der Waals surface area contributed by atoms with Crippen LogP contribution in [0.25, 0.3) is 0 Å². The second-order valence-corrected chi connectivity index (χ2v) is 10.9. The van der Waals surface area contributed by atoms with Crippen molar-refractivity contribution in [2.24, 2.45) is 5.92 Å². The van der Waals surface area contributed by atoms with Gasteiger partial charge in [0.05, 0.1) is 5.02 Å². The third kappa shape index (κ3) is 5.53. The number of hydrogen-bond donors (Lipinski definition) is 2. The van der Waals surface area contributed by atoms with Gasteiger partial charge in [-0.3, -0.25) is 4.79 Å². The number of nitrogens with one attached hydrogen (secondary N) is 2. The minimum atomic E-state index is -3.86. The molecule has 2 aromatic rings. The molecule has 1 atom stereocenters. The SMILES string of the molecule is CC1CCN(c2ccc(NC(=O)c3ccc(Cl)c(S(=O)(=O)NC(C)(C)C)c3)cc2)C1. The van der Waals surface area contributed by atoms with Crippen molar-refractivity contribution < 1.29 is 13.2 Å². The van der Waals surface area contributed by atoms with Crippen molar-refractivity contribution in [1.29, 1.82) is 0 Å². The number of sulfonamides is 1. The molecule has 8 heteroatoms. The van der Waals surface area contributed by atoms with Gasteiger partial charge in [-0.25, -0.2) is 13.1 Å². The van der Waals surface area contributed by atoms with E-state index in [0.717, 1.165) is 18.8 Å². The van der Waals surface area contributed by atoms with Gasteiger partial charge in [0.2, 0.25) is 10.0 Å². The molecule has 2 N–H and O–H groups in total. The standard InChI is InChI=1S/C22H28ClN3O3S/c1-15-11-12-26(14-15)18-8-6-17(7-9-18)24-21(27)16-5-10-19(23)20(13-16)30(28,29)25-22(2,3)4/h5-10,13,15,25H,11-12,14H2,1-4H3,(H,24,27). The molecule has 0 aliphatic carbocycles. The summed E-state index contributed by atoms with van der Waals surface area (Å²) < 4.78 is 27.9. The summed E-state index contributed by atoms with van der Waals surface area (Å²) in [6, 6.07) is 11.9. The summed E-state index contributed by atoms with van der Waals surface area (Å²) in [6.07, 6.45) is 1.18. The molecular formula is C22H28ClN3O3S. The summed E-state index contributed by atoms with van der Waals surface area (Å²) >= 11 is 6.11. The Morgan fingerprint density at radius 2 is 1.80 bits per heavy atom. The number of rotatable bonds is 5. The first-order valence-corrected chi connectivity index (χ1v) is 11.8. The molecule has 1 heterocycles. The highest BCUT2D eigenvalue weighted by Gasteiger charge is 2.25. The summed E-state index contributed by atoms with van der Waals surface area (Å²) in [5, 5.41) is 2.88. The maximum absolute atomic E-state index is 12.7. The molecule has 1 fully saturated rings. The van der Waals surface area contributed by atoms with Crippen molar-refractivity contribution >= 4 is 38.9 Å². The summed E-state index contributed by atoms with van der Waals surface area (Å²) in [5.74, 6) is 0.286. The van der Waals surface area contributed by atoms with Crippen LogP contribution in [-0.2, 0) is 10.0 Å². The number of halogens is 1. The van der Waals surface area contributed by atoms with Gasteiger partial charge in [0.25, 0.3) is 5.91 Å². The lowest BCUT2D eigenvalue weighted by Crippen LogP contribution is -2.40. The highest BCUT2D eigenvalue weighted by Crippen LogP contribution is 2.26. The molecule has 0 saturated carbocycles. The Hall–Kier alpha value is -2.09. The minimum Gasteiger partial charge on any atom is -0.371 e. The molecule has 162 valence electrons. The predicted molar refractivity (Wildman–Crippen MR) is 122 cm³/mol. The summed E-state index contributed by atoms with van der Waals surface area (Å²) in [5.41, 5.74) is 1.31. The van der Waals surface area contributed by atoms with Crippen LogP contribution in [-0.4, -0.2) is 33.0 Å². The van der Waals surface area contributed by atoms with E-state index in [2.05, 4.69) is 21.9 Å². The van der Waals surface area contributed by atoms with Crippen LogP contribution in [0.2, 0.25) is 5.02 Å². The van der Waals surface area contributed by atoms with E-state index in [1.165, 1.54) is 24.6 Å². The number of anilines is 2. The Bertz CT molecular complexity index is 1030. The molecule has 2 aromatic carbocycles. The van der Waals surface area contributed by atoms with E-state index in [1.54, 1.807) is 20.8 Å². The number of hydrogen-bond acceptors (Lipinski definition) is 4. The number of carbonyl (C=O) groups is 1. The first-order chi connectivity index (χ1) is 13.9. The van der Waals surface area contributed by atoms with Crippen LogP contribution in [0.5, 0.6) is 0 Å². The molecule has 1 unspecified atom stereocenters. The van der Waals surface area contributed by atoms with Crippen LogP contribution in [0.4, 0.5) is 11.4 Å². The smallest absolute Gasteiger partial charge is 0.255 e. The van der Waals surface area contributed by atoms with Gasteiger partial charge in [0.15, 0.2) is 0 Å². The molecule has 3 rings (SSSR count). The van der Waals surface area contributed by atoms with Gasteiger partial charge >= 0.3 is 0 Å². The van der Waals surface area contributed by atoms with Crippen LogP contribution in [0.1, 0.15) is 44.5 Å². The lowest BCUT2D eigenvalue weighted by molar-refractivity contribution is 0.102. The second kappa shape index (κ2) is 8.57. The van der Waals surface area contributed by atoms with Crippen molar-refractivity contribution in [2.45, 2.75) is 44.6 Å². The van der Waals surface area contributed by atoms with Crippen molar-refractivity contribution in [2.75, 3.05) is 23.3 Å². The van der Waals surface area contributed by atoms with Crippen LogP contribution in [0, 0.1) is 5.92 Å². The summed E-state index contributed by atoms with van der Waals surface area (Å²) in [7, 11) is -3.86. The molecule has 0 aromatic heterocycles. The van der Waals surface area contributed by atoms with E-state index in [4.69, 9.17) is 11.6 Å². The second-order valence-electron chi connectivity index (χ2n) is 8.84. The van der Waals surface area contributed by atoms with Crippen molar-refractivity contribution in [3.63, 3.8) is 0 Å². The topological polar surface area (TPSA) is 78.5 Å². The number of carbonyl (C=O) groups excluding carboxylic acids is 1. The van der Waals surface area contributed by atoms with Gasteiger partial charge in [-0.1, -0.05) is 18.5 Å². The van der Waals surface area contributed by atoms with Gasteiger partial charge in [-0.2, -0.15) is 0 Å². The van der Waals surface area contributed by atoms with Gasteiger partial charge in [0, 0.05) is 35.6 Å². The Kier molecular flexibility index (Phi) is 6.45. The zero-order chi connectivity index (χ0) is 22.1. The van der Waals surface area contributed by atoms with E-state index >= 15 is 0 Å². The number of nitrogens with zero attached hydrogens (tertiary/aromatic N) is 1. The van der Waals surface area contributed by atoms with Crippen molar-refractivity contribution in [1.82, 2.24) is 4.72 Å². The molecule has 0 radical (unpaired) electrons.